The lowest BCUT2D eigenvalue weighted by Gasteiger charge is -2.28. The van der Waals surface area contributed by atoms with Gasteiger partial charge in [-0.15, -0.1) is 12.4 Å². The molecule has 1 aliphatic heterocycles. The Morgan fingerprint density at radius 2 is 1.72 bits per heavy atom. The van der Waals surface area contributed by atoms with Crippen molar-refractivity contribution in [2.45, 2.75) is 26.9 Å². The van der Waals surface area contributed by atoms with Crippen molar-refractivity contribution >= 4 is 52.9 Å². The van der Waals surface area contributed by atoms with Gasteiger partial charge >= 0.3 is 6.03 Å². The maximum absolute atomic E-state index is 13.9. The van der Waals surface area contributed by atoms with Crippen LogP contribution < -0.4 is 20.4 Å². The summed E-state index contributed by atoms with van der Waals surface area (Å²) in [6.07, 6.45) is 0.352. The molecule has 0 saturated carbocycles. The molecule has 2 N–H and O–H groups in total. The molecule has 2 aromatic carbocycles. The van der Waals surface area contributed by atoms with E-state index < -0.39 is 23.5 Å². The number of hydrogen-bond donors (Lipinski definition) is 2. The van der Waals surface area contributed by atoms with E-state index in [1.807, 2.05) is 76.2 Å². The number of nitrogens with zero attached hydrogens (tertiary/aromatic N) is 4. The molecule has 0 saturated heterocycles. The fourth-order valence-electron chi connectivity index (χ4n) is 3.93. The van der Waals surface area contributed by atoms with E-state index in [4.69, 9.17) is 0 Å². The third kappa shape index (κ3) is 6.80. The van der Waals surface area contributed by atoms with Crippen LogP contribution in [-0.4, -0.2) is 55.2 Å². The summed E-state index contributed by atoms with van der Waals surface area (Å²) in [4.78, 5) is 52.5. The molecule has 1 atom stereocenters. The van der Waals surface area contributed by atoms with Crippen molar-refractivity contribution in [3.05, 3.63) is 84.2 Å². The Hall–Kier alpha value is -4.24. The van der Waals surface area contributed by atoms with E-state index in [0.717, 1.165) is 5.69 Å². The molecule has 1 aromatic heterocycles. The van der Waals surface area contributed by atoms with Gasteiger partial charge in [0.2, 0.25) is 6.17 Å². The van der Waals surface area contributed by atoms with E-state index in [1.54, 1.807) is 36.5 Å². The Labute approximate surface area is 234 Å². The molecular weight excluding hydrogens is 516 g/mol. The van der Waals surface area contributed by atoms with Crippen LogP contribution in [0.15, 0.2) is 77.9 Å². The van der Waals surface area contributed by atoms with Crippen LogP contribution in [0.1, 0.15) is 32.0 Å². The molecule has 0 aliphatic carbocycles. The molecule has 0 spiro atoms. The number of Topliss-reactive ketones (excluding diaryl/α,β-unsaturated/α-hetero) is 1. The molecule has 3 amide bonds. The second-order valence-electron chi connectivity index (χ2n) is 10.3. The number of benzodiazepines with no additional fused rings is 1. The highest BCUT2D eigenvalue weighted by molar-refractivity contribution is 6.20. The van der Waals surface area contributed by atoms with E-state index in [-0.39, 0.29) is 24.7 Å². The number of aliphatic imine (C=N–C) groups is 1. The number of nitrogens with one attached hydrogen (secondary N) is 2. The van der Waals surface area contributed by atoms with Gasteiger partial charge in [-0.1, -0.05) is 51.1 Å². The fraction of sp³-hybridized carbons (Fsp3) is 0.276. The van der Waals surface area contributed by atoms with E-state index in [2.05, 4.69) is 20.6 Å². The first-order chi connectivity index (χ1) is 18.0. The van der Waals surface area contributed by atoms with Crippen molar-refractivity contribution in [1.29, 1.82) is 0 Å². The van der Waals surface area contributed by atoms with Gasteiger partial charge in [-0.05, 0) is 36.4 Å². The van der Waals surface area contributed by atoms with Crippen molar-refractivity contribution < 1.29 is 14.4 Å². The third-order valence-electron chi connectivity index (χ3n) is 6.14. The molecule has 9 nitrogen and oxygen atoms in total. The highest BCUT2D eigenvalue weighted by atomic mass is 35.5. The number of anilines is 3. The van der Waals surface area contributed by atoms with Crippen LogP contribution >= 0.6 is 12.4 Å². The summed E-state index contributed by atoms with van der Waals surface area (Å²) < 4.78 is 0. The number of hydrogen-bond acceptors (Lipinski definition) is 6. The van der Waals surface area contributed by atoms with Crippen molar-refractivity contribution in [2.75, 3.05) is 35.8 Å². The predicted molar refractivity (Wildman–Crippen MR) is 157 cm³/mol. The molecule has 0 radical (unpaired) electrons. The largest absolute Gasteiger partial charge is 0.378 e. The van der Waals surface area contributed by atoms with E-state index in [9.17, 15) is 14.4 Å². The lowest BCUT2D eigenvalue weighted by Crippen LogP contribution is -2.50. The highest BCUT2D eigenvalue weighted by Crippen LogP contribution is 2.29. The maximum atomic E-state index is 13.9. The molecule has 39 heavy (non-hydrogen) atoms. The quantitative estimate of drug-likeness (QED) is 0.471. The van der Waals surface area contributed by atoms with E-state index in [0.29, 0.717) is 28.3 Å². The number of carbonyl (C=O) groups is 3. The minimum Gasteiger partial charge on any atom is -0.378 e. The smallest absolute Gasteiger partial charge is 0.321 e. The number of aromatic nitrogens is 1. The second-order valence-corrected chi connectivity index (χ2v) is 10.3. The van der Waals surface area contributed by atoms with E-state index >= 15 is 0 Å². The second kappa shape index (κ2) is 12.1. The molecule has 0 fully saturated rings. The predicted octanol–water partition coefficient (Wildman–Crippen LogP) is 4.52. The number of ketones is 1. The van der Waals surface area contributed by atoms with Gasteiger partial charge < -0.3 is 20.4 Å². The number of halogens is 1. The highest BCUT2D eigenvalue weighted by Gasteiger charge is 2.36. The lowest BCUT2D eigenvalue weighted by atomic mass is 9.90. The average molecular weight is 549 g/mol. The van der Waals surface area contributed by atoms with Gasteiger partial charge in [0.25, 0.3) is 5.91 Å². The summed E-state index contributed by atoms with van der Waals surface area (Å²) >= 11 is 0. The summed E-state index contributed by atoms with van der Waals surface area (Å²) in [6.45, 7) is 5.27. The van der Waals surface area contributed by atoms with Gasteiger partial charge in [-0.2, -0.15) is 0 Å². The summed E-state index contributed by atoms with van der Waals surface area (Å²) in [5.74, 6) is -0.635. The molecule has 3 aromatic rings. The monoisotopic (exact) mass is 548 g/mol. The molecule has 4 rings (SSSR count). The SMILES string of the molecule is CN(C)c1cccc(NC(=O)N[C@@H]2N=C(c3ccccn3)c3ccccc3N(CC(=O)C(C)(C)C)C2=O)c1.Cl. The van der Waals surface area contributed by atoms with Crippen molar-refractivity contribution in [2.24, 2.45) is 10.4 Å². The molecule has 204 valence electrons. The summed E-state index contributed by atoms with van der Waals surface area (Å²) in [6, 6.07) is 19.4. The molecule has 2 heterocycles. The number of rotatable bonds is 6. The zero-order valence-corrected chi connectivity index (χ0v) is 23.5. The number of carbonyl (C=O) groups excluding carboxylic acids is 3. The van der Waals surface area contributed by atoms with Crippen molar-refractivity contribution in [1.82, 2.24) is 10.3 Å². The van der Waals surface area contributed by atoms with Crippen LogP contribution in [0, 0.1) is 5.41 Å². The summed E-state index contributed by atoms with van der Waals surface area (Å²) in [7, 11) is 3.81. The number of urea groups is 1. The maximum Gasteiger partial charge on any atom is 0.321 e. The molecule has 0 bridgehead atoms. The van der Waals surface area contributed by atoms with Gasteiger partial charge in [-0.3, -0.25) is 14.6 Å². The van der Waals surface area contributed by atoms with Gasteiger partial charge in [0, 0.05) is 42.6 Å². The van der Waals surface area contributed by atoms with E-state index in [1.165, 1.54) is 4.90 Å². The van der Waals surface area contributed by atoms with Crippen LogP contribution in [0.5, 0.6) is 0 Å². The van der Waals surface area contributed by atoms with Gasteiger partial charge in [0.15, 0.2) is 5.78 Å². The normalized spacial score (nSPS) is 14.8. The number of fused-ring (bicyclic) bond motifs is 1. The van der Waals surface area contributed by atoms with Crippen molar-refractivity contribution in [3.8, 4) is 0 Å². The topological polar surface area (TPSA) is 107 Å². The Morgan fingerprint density at radius 3 is 2.38 bits per heavy atom. The van der Waals surface area contributed by atoms with Crippen LogP contribution in [0.2, 0.25) is 0 Å². The minimum atomic E-state index is -1.29. The Balaban J connectivity index is 0.00000420. The first kappa shape index (κ1) is 29.3. The number of benzene rings is 2. The van der Waals surface area contributed by atoms with Crippen LogP contribution in [-0.2, 0) is 9.59 Å². The van der Waals surface area contributed by atoms with Crippen LogP contribution in [0.4, 0.5) is 21.9 Å². The first-order valence-electron chi connectivity index (χ1n) is 12.3. The minimum absolute atomic E-state index is 0. The molecular formula is C29H33ClN6O3. The Morgan fingerprint density at radius 1 is 1.00 bits per heavy atom. The lowest BCUT2D eigenvalue weighted by molar-refractivity contribution is -0.127. The van der Waals surface area contributed by atoms with Gasteiger partial charge in [-0.25, -0.2) is 9.79 Å². The molecule has 10 heteroatoms. The molecule has 0 unspecified atom stereocenters. The van der Waals surface area contributed by atoms with Crippen LogP contribution in [0.3, 0.4) is 0 Å². The summed E-state index contributed by atoms with van der Waals surface area (Å²) in [5, 5.41) is 5.48. The standard InChI is InChI=1S/C29H32N6O3.ClH/c1-29(2,3)24(36)18-35-23-15-7-6-13-21(23)25(22-14-8-9-16-30-22)32-26(27(35)37)33-28(38)31-19-11-10-12-20(17-19)34(4)5;/h6-17,26H,18H2,1-5H3,(H2,31,33,38);1H/t26-;/m0./s1. The zero-order valence-electron chi connectivity index (χ0n) is 22.6. The Kier molecular flexibility index (Phi) is 9.08. The van der Waals surface area contributed by atoms with Gasteiger partial charge in [0.05, 0.1) is 23.6 Å². The molecule has 1 aliphatic rings. The first-order valence-corrected chi connectivity index (χ1v) is 12.3. The third-order valence-corrected chi connectivity index (χ3v) is 6.14. The fourth-order valence-corrected chi connectivity index (χ4v) is 3.93. The summed E-state index contributed by atoms with van der Waals surface area (Å²) in [5.41, 5.74) is 2.97. The zero-order chi connectivity index (χ0) is 27.4. The number of para-hydroxylation sites is 1. The van der Waals surface area contributed by atoms with Crippen LogP contribution in [0.25, 0.3) is 0 Å². The van der Waals surface area contributed by atoms with Gasteiger partial charge in [0.1, 0.15) is 0 Å². The number of pyridine rings is 1. The Bertz CT molecular complexity index is 1390. The average Bonchev–Trinajstić information content (AvgIpc) is 2.99. The van der Waals surface area contributed by atoms with Crippen molar-refractivity contribution in [3.63, 3.8) is 0 Å². The number of amides is 3.